The summed E-state index contributed by atoms with van der Waals surface area (Å²) in [6.07, 6.45) is 2.28. The Morgan fingerprint density at radius 3 is 2.56 bits per heavy atom. The van der Waals surface area contributed by atoms with Crippen LogP contribution in [0.3, 0.4) is 0 Å². The predicted octanol–water partition coefficient (Wildman–Crippen LogP) is 3.86. The first-order valence-electron chi connectivity index (χ1n) is 10.9. The van der Waals surface area contributed by atoms with E-state index in [1.54, 1.807) is 12.1 Å². The summed E-state index contributed by atoms with van der Waals surface area (Å²) in [6.45, 7) is 7.82. The quantitative estimate of drug-likeness (QED) is 0.240. The molecule has 2 N–H and O–H groups in total. The topological polar surface area (TPSA) is 67.4 Å². The van der Waals surface area contributed by atoms with E-state index in [2.05, 4.69) is 25.3 Å². The van der Waals surface area contributed by atoms with Crippen LogP contribution in [0.5, 0.6) is 11.5 Å². The molecule has 184 valence electrons. The number of ether oxygens (including phenoxy) is 3. The van der Waals surface area contributed by atoms with Gasteiger partial charge >= 0.3 is 6.61 Å². The fourth-order valence-corrected chi connectivity index (χ4v) is 3.39. The molecule has 1 aliphatic rings. The molecule has 1 aliphatic heterocycles. The molecule has 7 nitrogen and oxygen atoms in total. The third-order valence-corrected chi connectivity index (χ3v) is 5.03. The zero-order chi connectivity index (χ0) is 22.6. The van der Waals surface area contributed by atoms with Crippen LogP contribution in [0, 0.1) is 0 Å². The van der Waals surface area contributed by atoms with Crippen LogP contribution in [-0.2, 0) is 11.3 Å². The molecule has 1 heterocycles. The lowest BCUT2D eigenvalue weighted by molar-refractivity contribution is -0.0505. The minimum Gasteiger partial charge on any atom is -0.497 e. The molecule has 0 aliphatic carbocycles. The summed E-state index contributed by atoms with van der Waals surface area (Å²) in [7, 11) is 1.48. The van der Waals surface area contributed by atoms with Crippen molar-refractivity contribution < 1.29 is 23.0 Å². The number of hydrogen-bond donors (Lipinski definition) is 2. The average molecular weight is 570 g/mol. The monoisotopic (exact) mass is 570 g/mol. The highest BCUT2D eigenvalue weighted by Gasteiger charge is 2.20. The lowest BCUT2D eigenvalue weighted by atomic mass is 10.1. The van der Waals surface area contributed by atoms with Crippen LogP contribution >= 0.6 is 24.0 Å². The second kappa shape index (κ2) is 15.4. The van der Waals surface area contributed by atoms with E-state index in [0.717, 1.165) is 39.1 Å². The Kier molecular flexibility index (Phi) is 13.8. The first-order chi connectivity index (χ1) is 14.9. The van der Waals surface area contributed by atoms with Gasteiger partial charge in [0, 0.05) is 43.9 Å². The minimum absolute atomic E-state index is 0. The molecule has 1 fully saturated rings. The normalized spacial score (nSPS) is 15.6. The highest BCUT2D eigenvalue weighted by atomic mass is 127. The standard InChI is InChI=1S/C22H36F2N4O3.HI/c1-5-25-22(27-18-8-10-28(11-9-18)12-13-30-16(2)3)26-15-17-6-7-19(29-4)14-20(17)31-21(23)24;/h6-7,14,16,18,21H,5,8-13,15H2,1-4H3,(H2,25,26,27);1H. The number of hydrogen-bond acceptors (Lipinski definition) is 5. The third-order valence-electron chi connectivity index (χ3n) is 5.03. The summed E-state index contributed by atoms with van der Waals surface area (Å²) in [4.78, 5) is 7.00. The highest BCUT2D eigenvalue weighted by molar-refractivity contribution is 14.0. The SMILES string of the molecule is CCNC(=NCc1ccc(OC)cc1OC(F)F)NC1CCN(CCOC(C)C)CC1.I. The molecular formula is C22H37F2IN4O3. The first kappa shape index (κ1) is 28.6. The fourth-order valence-electron chi connectivity index (χ4n) is 3.39. The Hall–Kier alpha value is -1.40. The maximum absolute atomic E-state index is 12.8. The van der Waals surface area contributed by atoms with Crippen LogP contribution in [0.15, 0.2) is 23.2 Å². The molecule has 0 amide bonds. The number of rotatable bonds is 11. The van der Waals surface area contributed by atoms with Crippen molar-refractivity contribution in [3.63, 3.8) is 0 Å². The number of halogens is 3. The maximum Gasteiger partial charge on any atom is 0.387 e. The zero-order valence-corrected chi connectivity index (χ0v) is 21.7. The minimum atomic E-state index is -2.91. The van der Waals surface area contributed by atoms with Crippen LogP contribution in [0.4, 0.5) is 8.78 Å². The second-order valence-corrected chi connectivity index (χ2v) is 7.73. The summed E-state index contributed by atoms with van der Waals surface area (Å²) >= 11 is 0. The number of benzene rings is 1. The van der Waals surface area contributed by atoms with Gasteiger partial charge in [0.05, 0.1) is 26.4 Å². The van der Waals surface area contributed by atoms with E-state index in [1.165, 1.54) is 13.2 Å². The Labute approximate surface area is 207 Å². The van der Waals surface area contributed by atoms with Crippen LogP contribution in [0.25, 0.3) is 0 Å². The average Bonchev–Trinajstić information content (AvgIpc) is 2.73. The van der Waals surface area contributed by atoms with E-state index in [4.69, 9.17) is 9.47 Å². The van der Waals surface area contributed by atoms with Crippen molar-refractivity contribution >= 4 is 29.9 Å². The summed E-state index contributed by atoms with van der Waals surface area (Å²) < 4.78 is 40.9. The number of alkyl halides is 2. The molecule has 0 radical (unpaired) electrons. The molecule has 0 aromatic heterocycles. The van der Waals surface area contributed by atoms with Crippen molar-refractivity contribution in [3.8, 4) is 11.5 Å². The molecule has 0 atom stereocenters. The van der Waals surface area contributed by atoms with Crippen molar-refractivity contribution in [1.29, 1.82) is 0 Å². The highest BCUT2D eigenvalue weighted by Crippen LogP contribution is 2.27. The molecule has 1 aromatic rings. The van der Waals surface area contributed by atoms with Crippen molar-refractivity contribution in [2.75, 3.05) is 39.9 Å². The largest absolute Gasteiger partial charge is 0.497 e. The van der Waals surface area contributed by atoms with Crippen LogP contribution in [-0.4, -0.2) is 69.5 Å². The predicted molar refractivity (Wildman–Crippen MR) is 134 cm³/mol. The Morgan fingerprint density at radius 1 is 1.25 bits per heavy atom. The van der Waals surface area contributed by atoms with E-state index in [-0.39, 0.29) is 42.4 Å². The fraction of sp³-hybridized carbons (Fsp3) is 0.682. The van der Waals surface area contributed by atoms with Gasteiger partial charge < -0.3 is 29.7 Å². The van der Waals surface area contributed by atoms with Crippen molar-refractivity contribution in [2.45, 2.75) is 58.9 Å². The molecule has 10 heteroatoms. The Balaban J connectivity index is 0.00000512. The van der Waals surface area contributed by atoms with Gasteiger partial charge in [-0.15, -0.1) is 24.0 Å². The maximum atomic E-state index is 12.8. The Morgan fingerprint density at radius 2 is 1.97 bits per heavy atom. The molecule has 2 rings (SSSR count). The number of nitrogens with zero attached hydrogens (tertiary/aromatic N) is 2. The van der Waals surface area contributed by atoms with E-state index in [9.17, 15) is 8.78 Å². The summed E-state index contributed by atoms with van der Waals surface area (Å²) in [5, 5.41) is 6.70. The van der Waals surface area contributed by atoms with Crippen LogP contribution in [0.1, 0.15) is 39.2 Å². The number of guanidine groups is 1. The lowest BCUT2D eigenvalue weighted by Crippen LogP contribution is -2.49. The number of piperidine rings is 1. The lowest BCUT2D eigenvalue weighted by Gasteiger charge is -2.33. The van der Waals surface area contributed by atoms with Gasteiger partial charge in [-0.1, -0.05) is 0 Å². The van der Waals surface area contributed by atoms with Gasteiger partial charge in [-0.3, -0.25) is 0 Å². The van der Waals surface area contributed by atoms with E-state index >= 15 is 0 Å². The van der Waals surface area contributed by atoms with Crippen molar-refractivity contribution in [3.05, 3.63) is 23.8 Å². The molecule has 0 saturated carbocycles. The van der Waals surface area contributed by atoms with Gasteiger partial charge in [-0.05, 0) is 45.7 Å². The van der Waals surface area contributed by atoms with Gasteiger partial charge in [0.25, 0.3) is 0 Å². The van der Waals surface area contributed by atoms with Crippen molar-refractivity contribution in [2.24, 2.45) is 4.99 Å². The van der Waals surface area contributed by atoms with Gasteiger partial charge in [0.15, 0.2) is 5.96 Å². The van der Waals surface area contributed by atoms with Crippen molar-refractivity contribution in [1.82, 2.24) is 15.5 Å². The molecule has 0 spiro atoms. The van der Waals surface area contributed by atoms with Gasteiger partial charge in [-0.2, -0.15) is 8.78 Å². The van der Waals surface area contributed by atoms with E-state index in [1.807, 2.05) is 20.8 Å². The Bertz CT molecular complexity index is 687. The third kappa shape index (κ3) is 10.5. The molecule has 0 bridgehead atoms. The van der Waals surface area contributed by atoms with E-state index in [0.29, 0.717) is 29.9 Å². The first-order valence-corrected chi connectivity index (χ1v) is 10.9. The van der Waals surface area contributed by atoms with E-state index < -0.39 is 6.61 Å². The number of nitrogens with one attached hydrogen (secondary N) is 2. The second-order valence-electron chi connectivity index (χ2n) is 7.73. The molecule has 0 unspecified atom stereocenters. The number of methoxy groups -OCH3 is 1. The molecule has 32 heavy (non-hydrogen) atoms. The van der Waals surface area contributed by atoms with Gasteiger partial charge in [0.2, 0.25) is 0 Å². The number of aliphatic imine (C=N–C) groups is 1. The molecule has 1 saturated heterocycles. The van der Waals surface area contributed by atoms with Crippen LogP contribution < -0.4 is 20.1 Å². The summed E-state index contributed by atoms with van der Waals surface area (Å²) in [5.74, 6) is 1.20. The zero-order valence-electron chi connectivity index (χ0n) is 19.4. The van der Waals surface area contributed by atoms with Gasteiger partial charge in [0.1, 0.15) is 11.5 Å². The van der Waals surface area contributed by atoms with Crippen LogP contribution in [0.2, 0.25) is 0 Å². The van der Waals surface area contributed by atoms with Gasteiger partial charge in [-0.25, -0.2) is 4.99 Å². The molecule has 1 aromatic carbocycles. The molecular weight excluding hydrogens is 533 g/mol. The number of likely N-dealkylation sites (tertiary alicyclic amines) is 1. The summed E-state index contributed by atoms with van der Waals surface area (Å²) in [6, 6.07) is 5.17. The smallest absolute Gasteiger partial charge is 0.387 e. The summed E-state index contributed by atoms with van der Waals surface area (Å²) in [5.41, 5.74) is 0.568.